The Labute approximate surface area is 567 Å². The first-order valence-electron chi connectivity index (χ1n) is 34.4. The fraction of sp³-hybridized carbons (Fsp3) is 0.939. The molecule has 562 valence electrons. The lowest BCUT2D eigenvalue weighted by molar-refractivity contribution is -0.393. The number of hydrogen-bond donors (Lipinski definition) is 16. The lowest BCUT2D eigenvalue weighted by Crippen LogP contribution is -2.69. The van der Waals surface area contributed by atoms with Crippen LogP contribution in [0.25, 0.3) is 0 Å². The number of hydrogen-bond acceptors (Lipinski definition) is 31. The molecule has 11 aliphatic rings. The predicted molar refractivity (Wildman–Crippen MR) is 326 cm³/mol. The Bertz CT molecular complexity index is 2800. The second-order valence-corrected chi connectivity index (χ2v) is 31.4. The van der Waals surface area contributed by atoms with Crippen LogP contribution in [0, 0.1) is 50.2 Å². The molecular weight excluding hydrogens is 1300 g/mol. The van der Waals surface area contributed by atoms with Crippen LogP contribution in [0.5, 0.6) is 0 Å². The summed E-state index contributed by atoms with van der Waals surface area (Å²) in [4.78, 5) is 28.7. The molecule has 0 bridgehead atoms. The van der Waals surface area contributed by atoms with Crippen LogP contribution >= 0.6 is 0 Å². The molecule has 6 saturated heterocycles. The molecule has 0 amide bonds. The van der Waals surface area contributed by atoms with Gasteiger partial charge in [0.15, 0.2) is 43.7 Å². The molecule has 32 nitrogen and oxygen atoms in total. The lowest BCUT2D eigenvalue weighted by atomic mass is 9.33. The Kier molecular flexibility index (Phi) is 22.5. The van der Waals surface area contributed by atoms with Crippen molar-refractivity contribution in [1.29, 1.82) is 0 Å². The van der Waals surface area contributed by atoms with E-state index < -0.39 is 249 Å². The van der Waals surface area contributed by atoms with Crippen molar-refractivity contribution in [1.82, 2.24) is 0 Å². The van der Waals surface area contributed by atoms with Gasteiger partial charge in [-0.3, -0.25) is 4.79 Å². The quantitative estimate of drug-likeness (QED) is 0.0378. The Morgan fingerprint density at radius 1 is 0.531 bits per heavy atom. The summed E-state index contributed by atoms with van der Waals surface area (Å²) in [5, 5.41) is 178. The van der Waals surface area contributed by atoms with Gasteiger partial charge in [-0.15, -0.1) is 0 Å². The van der Waals surface area contributed by atoms with Crippen LogP contribution in [-0.4, -0.2) is 319 Å². The molecule has 11 rings (SSSR count). The number of carbonyl (C=O) groups excluding carboxylic acids is 1. The van der Waals surface area contributed by atoms with Gasteiger partial charge in [0, 0.05) is 19.6 Å². The highest BCUT2D eigenvalue weighted by Gasteiger charge is 2.73. The lowest BCUT2D eigenvalue weighted by Gasteiger charge is -2.72. The number of carboxylic acids is 1. The second kappa shape index (κ2) is 28.8. The number of aliphatic carboxylic acids is 1. The van der Waals surface area contributed by atoms with Crippen LogP contribution in [0.3, 0.4) is 0 Å². The number of aliphatic hydroxyl groups is 15. The summed E-state index contributed by atoms with van der Waals surface area (Å²) >= 11 is 0. The number of carbonyl (C=O) groups is 2. The topological polar surface area (TPSA) is 487 Å². The van der Waals surface area contributed by atoms with E-state index in [-0.39, 0.29) is 43.1 Å². The van der Waals surface area contributed by atoms with Crippen molar-refractivity contribution < 1.29 is 158 Å². The predicted octanol–water partition coefficient (Wildman–Crippen LogP) is -3.71. The van der Waals surface area contributed by atoms with Gasteiger partial charge in [0.05, 0.1) is 50.8 Å². The molecule has 10 fully saturated rings. The normalized spacial score (nSPS) is 54.2. The fourth-order valence-electron chi connectivity index (χ4n) is 19.4. The molecular formula is C66H106O32. The summed E-state index contributed by atoms with van der Waals surface area (Å²) in [5.41, 5.74) is -4.08. The molecule has 6 heterocycles. The number of fused-ring (bicyclic) bond motifs is 7. The molecule has 32 heteroatoms. The zero-order chi connectivity index (χ0) is 71.6. The van der Waals surface area contributed by atoms with Crippen LogP contribution in [-0.2, 0) is 75.9 Å². The summed E-state index contributed by atoms with van der Waals surface area (Å²) in [5.74, 6) is -3.61. The molecule has 16 N–H and O–H groups in total. The van der Waals surface area contributed by atoms with E-state index in [9.17, 15) is 86.5 Å². The third-order valence-electron chi connectivity index (χ3n) is 25.4. The van der Waals surface area contributed by atoms with Crippen molar-refractivity contribution in [3.8, 4) is 0 Å². The molecule has 6 aliphatic heterocycles. The van der Waals surface area contributed by atoms with Crippen LogP contribution in [0.2, 0.25) is 0 Å². The Balaban J connectivity index is 0.855. The average Bonchev–Trinajstić information content (AvgIpc) is 0.671. The van der Waals surface area contributed by atoms with E-state index in [4.69, 9.17) is 66.3 Å². The molecule has 0 aromatic rings. The maximum Gasteiger partial charge on any atom is 0.335 e. The summed E-state index contributed by atoms with van der Waals surface area (Å²) in [7, 11) is 2.61. The van der Waals surface area contributed by atoms with Gasteiger partial charge in [-0.2, -0.15) is 0 Å². The van der Waals surface area contributed by atoms with Crippen LogP contribution in [0.4, 0.5) is 0 Å². The highest BCUT2D eigenvalue weighted by Crippen LogP contribution is 2.76. The van der Waals surface area contributed by atoms with Gasteiger partial charge in [0.1, 0.15) is 115 Å². The van der Waals surface area contributed by atoms with Crippen molar-refractivity contribution in [2.45, 2.75) is 297 Å². The number of carboxylic acid groups (broad SMARTS) is 1. The van der Waals surface area contributed by atoms with E-state index in [0.717, 1.165) is 5.57 Å². The summed E-state index contributed by atoms with van der Waals surface area (Å²) in [6.07, 6.45) is -42.8. The van der Waals surface area contributed by atoms with Crippen molar-refractivity contribution in [2.24, 2.45) is 50.2 Å². The van der Waals surface area contributed by atoms with E-state index in [1.54, 1.807) is 6.92 Å². The van der Waals surface area contributed by atoms with Crippen molar-refractivity contribution in [3.63, 3.8) is 0 Å². The van der Waals surface area contributed by atoms with E-state index in [2.05, 4.69) is 40.7 Å². The third kappa shape index (κ3) is 12.9. The molecule has 38 unspecified atom stereocenters. The van der Waals surface area contributed by atoms with Crippen molar-refractivity contribution in [3.05, 3.63) is 11.6 Å². The van der Waals surface area contributed by atoms with Gasteiger partial charge in [0.2, 0.25) is 6.29 Å². The molecule has 98 heavy (non-hydrogen) atoms. The largest absolute Gasteiger partial charge is 0.479 e. The van der Waals surface area contributed by atoms with Gasteiger partial charge in [-0.25, -0.2) is 4.79 Å². The van der Waals surface area contributed by atoms with E-state index in [1.165, 1.54) is 21.1 Å². The molecule has 38 atom stereocenters. The van der Waals surface area contributed by atoms with E-state index in [0.29, 0.717) is 38.5 Å². The van der Waals surface area contributed by atoms with E-state index >= 15 is 4.79 Å². The first-order chi connectivity index (χ1) is 46.0. The Morgan fingerprint density at radius 3 is 1.79 bits per heavy atom. The van der Waals surface area contributed by atoms with Crippen LogP contribution < -0.4 is 0 Å². The smallest absolute Gasteiger partial charge is 0.335 e. The minimum atomic E-state index is -2.18. The Morgan fingerprint density at radius 2 is 1.13 bits per heavy atom. The van der Waals surface area contributed by atoms with Crippen molar-refractivity contribution in [2.75, 3.05) is 40.6 Å². The minimum absolute atomic E-state index is 0.110. The monoisotopic (exact) mass is 1410 g/mol. The highest BCUT2D eigenvalue weighted by atomic mass is 16.8. The zero-order valence-corrected chi connectivity index (χ0v) is 57.0. The molecule has 5 aliphatic carbocycles. The van der Waals surface area contributed by atoms with Crippen molar-refractivity contribution >= 4 is 11.9 Å². The maximum absolute atomic E-state index is 15.7. The molecule has 0 aromatic heterocycles. The number of allylic oxidation sites excluding steroid dienone is 2. The summed E-state index contributed by atoms with van der Waals surface area (Å²) in [6.45, 7) is 13.5. The number of ether oxygens (including phenoxy) is 14. The van der Waals surface area contributed by atoms with Gasteiger partial charge in [-0.1, -0.05) is 53.2 Å². The SMILES string of the molecule is COC1C(O)COC(OC2C(C)OC(OC3C(OC(=O)C45CCC(C)(C)CC4C4=CCC6C7(C)CCC(OC8OC(C(=O)O)C(O)C(OC9OCC(O)C(O)C9O)C8OC8OC(CO)C(O)C(O)C8O)C(C)(CO)C7CCC6(C)C4(C)CC5O)OC(C)C(O)C3O)C(O)C2OC)C1O. The third-order valence-corrected chi connectivity index (χ3v) is 25.4. The zero-order valence-electron chi connectivity index (χ0n) is 57.0. The maximum atomic E-state index is 15.7. The molecule has 0 spiro atoms. The van der Waals surface area contributed by atoms with Gasteiger partial charge >= 0.3 is 11.9 Å². The minimum Gasteiger partial charge on any atom is -0.479 e. The summed E-state index contributed by atoms with van der Waals surface area (Å²) in [6, 6.07) is 0. The standard InChI is InChI=1S/C66H106O32/c1-25-36(72)40(76)51(96-57-45(81)48(86-10)46(26(2)90-57)93-55-44(80)47(85-9)30(70)23-88-55)58(89-25)98-60(84)66-18-17-61(3,4)19-28(66)27-11-12-33-62(5)15-14-35(63(6,24-68)32(62)13-16-64(33,7)65(27,8)20-34(66)71)92-59-52(97-56-42(78)39(75)38(74)31(21-67)91-56)49(43(79)50(95-59)53(82)83)94-54-41(77)37(73)29(69)22-87-54/h11,25-26,28-52,54-59,67-81H,12-24H2,1-10H3,(H,82,83). The highest BCUT2D eigenvalue weighted by molar-refractivity contribution is 5.80. The first-order valence-corrected chi connectivity index (χ1v) is 34.4. The molecule has 0 aromatic carbocycles. The van der Waals surface area contributed by atoms with E-state index in [1.807, 2.05) is 6.92 Å². The molecule has 0 radical (unpaired) electrons. The second-order valence-electron chi connectivity index (χ2n) is 31.4. The van der Waals surface area contributed by atoms with Gasteiger partial charge < -0.3 is 148 Å². The average molecular weight is 1410 g/mol. The van der Waals surface area contributed by atoms with Crippen LogP contribution in [0.15, 0.2) is 11.6 Å². The Hall–Kier alpha value is -2.44. The summed E-state index contributed by atoms with van der Waals surface area (Å²) < 4.78 is 84.2. The fourth-order valence-corrected chi connectivity index (χ4v) is 19.4. The number of esters is 1. The van der Waals surface area contributed by atoms with Crippen LogP contribution in [0.1, 0.15) is 113 Å². The number of rotatable bonds is 17. The number of methoxy groups -OCH3 is 2. The molecule has 4 saturated carbocycles. The number of aliphatic hydroxyl groups excluding tert-OH is 15. The van der Waals surface area contributed by atoms with Gasteiger partial charge in [-0.05, 0) is 111 Å². The van der Waals surface area contributed by atoms with Gasteiger partial charge in [0.25, 0.3) is 0 Å². The first kappa shape index (κ1) is 76.7.